The zero-order valence-corrected chi connectivity index (χ0v) is 19.3. The summed E-state index contributed by atoms with van der Waals surface area (Å²) in [4.78, 5) is 37.0. The number of hydrogen-bond donors (Lipinski definition) is 1. The normalized spacial score (nSPS) is 35.8. The molecule has 0 spiro atoms. The Bertz CT molecular complexity index is 829. The maximum atomic E-state index is 13.0. The van der Waals surface area contributed by atoms with Crippen molar-refractivity contribution in [1.82, 2.24) is 4.90 Å². The smallest absolute Gasteiger partial charge is 0.461 e. The molecule has 2 saturated heterocycles. The Morgan fingerprint density at radius 1 is 1.41 bits per heavy atom. The predicted molar refractivity (Wildman–Crippen MR) is 108 cm³/mol. The molecule has 3 heterocycles. The Hall–Kier alpha value is -1.66. The third kappa shape index (κ3) is 5.28. The van der Waals surface area contributed by atoms with Gasteiger partial charge in [0.25, 0.3) is 0 Å². The maximum Gasteiger partial charge on any atom is 0.475 e. The van der Waals surface area contributed by atoms with Gasteiger partial charge in [0.05, 0.1) is 31.3 Å². The quantitative estimate of drug-likeness (QED) is 0.298. The maximum absolute atomic E-state index is 13.0. The molecule has 2 fully saturated rings. The van der Waals surface area contributed by atoms with Crippen LogP contribution in [0.25, 0.3) is 0 Å². The van der Waals surface area contributed by atoms with Crippen LogP contribution in [-0.2, 0) is 46.7 Å². The standard InChI is InChI=1S/C19H29N2O10P/c1-11(2)29-17(24)13(26-4)6-8-27-32(25)28-10-14-16(31-32)19(3,20)18(30-14)21-7-5-12(22)9-15(21)23/h5,7,11,13-14,16,18H,6,8-10,20H2,1-4H3/t13-,14-,16-,18-,19-,32+/m1/s1. The molecular weight excluding hydrogens is 447 g/mol. The second kappa shape index (κ2) is 9.68. The van der Waals surface area contributed by atoms with E-state index in [-0.39, 0.29) is 37.9 Å². The Labute approximate surface area is 185 Å². The molecule has 1 amide bonds. The van der Waals surface area contributed by atoms with E-state index >= 15 is 0 Å². The summed E-state index contributed by atoms with van der Waals surface area (Å²) >= 11 is 0. The summed E-state index contributed by atoms with van der Waals surface area (Å²) in [7, 11) is -2.67. The van der Waals surface area contributed by atoms with Gasteiger partial charge in [-0.1, -0.05) is 0 Å². The number of phosphoric acid groups is 1. The van der Waals surface area contributed by atoms with Gasteiger partial charge < -0.3 is 19.9 Å². The first kappa shape index (κ1) is 25.0. The molecule has 0 radical (unpaired) electrons. The molecule has 0 unspecified atom stereocenters. The van der Waals surface area contributed by atoms with Crippen LogP contribution in [-0.4, -0.2) is 79.1 Å². The van der Waals surface area contributed by atoms with Gasteiger partial charge in [0.1, 0.15) is 12.2 Å². The Balaban J connectivity index is 1.62. The predicted octanol–water partition coefficient (Wildman–Crippen LogP) is 0.641. The van der Waals surface area contributed by atoms with Crippen LogP contribution in [0.15, 0.2) is 12.3 Å². The zero-order valence-electron chi connectivity index (χ0n) is 18.4. The van der Waals surface area contributed by atoms with E-state index in [1.165, 1.54) is 24.3 Å². The fraction of sp³-hybridized carbons (Fsp3) is 0.737. The van der Waals surface area contributed by atoms with Crippen molar-refractivity contribution in [3.8, 4) is 0 Å². The number of hydrogen-bond acceptors (Lipinski definition) is 11. The molecule has 12 nitrogen and oxygen atoms in total. The lowest BCUT2D eigenvalue weighted by Crippen LogP contribution is -2.60. The van der Waals surface area contributed by atoms with Crippen molar-refractivity contribution in [3.63, 3.8) is 0 Å². The number of carbonyl (C=O) groups excluding carboxylic acids is 3. The molecule has 2 N–H and O–H groups in total. The van der Waals surface area contributed by atoms with Crippen molar-refractivity contribution in [1.29, 1.82) is 0 Å². The molecule has 0 aliphatic carbocycles. The number of ketones is 1. The first-order chi connectivity index (χ1) is 15.0. The first-order valence-electron chi connectivity index (χ1n) is 10.2. The highest BCUT2D eigenvalue weighted by atomic mass is 31.2. The van der Waals surface area contributed by atoms with Crippen molar-refractivity contribution < 1.29 is 46.7 Å². The molecule has 32 heavy (non-hydrogen) atoms. The second-order valence-electron chi connectivity index (χ2n) is 8.25. The van der Waals surface area contributed by atoms with Crippen LogP contribution >= 0.6 is 7.82 Å². The topological polar surface area (TPSA) is 153 Å². The van der Waals surface area contributed by atoms with Crippen LogP contribution in [0.1, 0.15) is 33.6 Å². The minimum Gasteiger partial charge on any atom is -0.461 e. The number of carbonyl (C=O) groups is 3. The molecule has 0 aromatic carbocycles. The average molecular weight is 476 g/mol. The minimum absolute atomic E-state index is 0.0625. The number of allylic oxidation sites excluding steroid dienone is 1. The van der Waals surface area contributed by atoms with Crippen molar-refractivity contribution in [2.24, 2.45) is 5.73 Å². The van der Waals surface area contributed by atoms with Gasteiger partial charge in [0.15, 0.2) is 18.1 Å². The summed E-state index contributed by atoms with van der Waals surface area (Å²) in [6.07, 6.45) is -1.41. The molecule has 0 saturated carbocycles. The summed E-state index contributed by atoms with van der Waals surface area (Å²) < 4.78 is 45.3. The molecule has 0 bridgehead atoms. The van der Waals surface area contributed by atoms with Crippen LogP contribution in [0.2, 0.25) is 0 Å². The molecule has 6 atom stereocenters. The highest BCUT2D eigenvalue weighted by molar-refractivity contribution is 7.48. The third-order valence-electron chi connectivity index (χ3n) is 5.24. The van der Waals surface area contributed by atoms with Gasteiger partial charge in [-0.15, -0.1) is 0 Å². The monoisotopic (exact) mass is 476 g/mol. The van der Waals surface area contributed by atoms with E-state index in [1.54, 1.807) is 20.8 Å². The van der Waals surface area contributed by atoms with Crippen molar-refractivity contribution in [2.45, 2.75) is 69.8 Å². The number of esters is 1. The average Bonchev–Trinajstić information content (AvgIpc) is 2.95. The Morgan fingerprint density at radius 2 is 2.12 bits per heavy atom. The van der Waals surface area contributed by atoms with Gasteiger partial charge in [0, 0.05) is 19.7 Å². The molecule has 13 heteroatoms. The number of nitrogens with two attached hydrogens (primary N) is 1. The van der Waals surface area contributed by atoms with E-state index in [0.717, 1.165) is 0 Å². The van der Waals surface area contributed by atoms with Gasteiger partial charge in [-0.05, 0) is 26.8 Å². The third-order valence-corrected chi connectivity index (χ3v) is 6.69. The fourth-order valence-electron chi connectivity index (χ4n) is 3.67. The number of methoxy groups -OCH3 is 1. The van der Waals surface area contributed by atoms with Gasteiger partial charge in [-0.2, -0.15) is 0 Å². The molecule has 3 rings (SSSR count). The number of nitrogens with zero attached hydrogens (tertiary/aromatic N) is 1. The second-order valence-corrected chi connectivity index (χ2v) is 9.88. The minimum atomic E-state index is -4.02. The number of ether oxygens (including phenoxy) is 3. The highest BCUT2D eigenvalue weighted by Gasteiger charge is 2.60. The van der Waals surface area contributed by atoms with E-state index in [2.05, 4.69) is 0 Å². The van der Waals surface area contributed by atoms with Gasteiger partial charge >= 0.3 is 13.8 Å². The first-order valence-corrected chi connectivity index (χ1v) is 11.7. The van der Waals surface area contributed by atoms with E-state index < -0.39 is 49.8 Å². The summed E-state index contributed by atoms with van der Waals surface area (Å²) in [6, 6.07) is 0. The Kier molecular flexibility index (Phi) is 7.55. The summed E-state index contributed by atoms with van der Waals surface area (Å²) in [5.41, 5.74) is 5.16. The molecule has 0 aromatic rings. The van der Waals surface area contributed by atoms with Crippen LogP contribution in [0.3, 0.4) is 0 Å². The van der Waals surface area contributed by atoms with E-state index in [0.29, 0.717) is 0 Å². The fourth-order valence-corrected chi connectivity index (χ4v) is 5.16. The zero-order chi connectivity index (χ0) is 23.7. The van der Waals surface area contributed by atoms with Gasteiger partial charge in [-0.3, -0.25) is 28.1 Å². The van der Waals surface area contributed by atoms with E-state index in [4.69, 9.17) is 33.5 Å². The van der Waals surface area contributed by atoms with Crippen molar-refractivity contribution >= 4 is 25.5 Å². The van der Waals surface area contributed by atoms with Crippen molar-refractivity contribution in [3.05, 3.63) is 12.3 Å². The number of phosphoric ester groups is 1. The lowest BCUT2D eigenvalue weighted by molar-refractivity contribution is -0.160. The van der Waals surface area contributed by atoms with Crippen molar-refractivity contribution in [2.75, 3.05) is 20.3 Å². The van der Waals surface area contributed by atoms with Crippen LogP contribution in [0, 0.1) is 0 Å². The molecular formula is C19H29N2O10P. The summed E-state index contributed by atoms with van der Waals surface area (Å²) in [6.45, 7) is 4.72. The largest absolute Gasteiger partial charge is 0.475 e. The number of amides is 1. The van der Waals surface area contributed by atoms with Gasteiger partial charge in [0.2, 0.25) is 5.91 Å². The molecule has 180 valence electrons. The lowest BCUT2D eigenvalue weighted by Gasteiger charge is -2.38. The lowest BCUT2D eigenvalue weighted by atomic mass is 9.92. The van der Waals surface area contributed by atoms with Gasteiger partial charge in [-0.25, -0.2) is 9.36 Å². The molecule has 3 aliphatic rings. The summed E-state index contributed by atoms with van der Waals surface area (Å²) in [5.74, 6) is -1.34. The number of rotatable bonds is 8. The van der Waals surface area contributed by atoms with Crippen LogP contribution < -0.4 is 5.73 Å². The number of fused-ring (bicyclic) bond motifs is 1. The SMILES string of the molecule is CO[C@H](CCO[P@@]1(=O)OC[C@H]2O[C@@H](N3C=CC(=O)CC3=O)[C@](C)(N)[C@@H]2O1)C(=O)OC(C)C. The van der Waals surface area contributed by atoms with E-state index in [1.807, 2.05) is 0 Å². The molecule has 3 aliphatic heterocycles. The molecule has 0 aromatic heterocycles. The van der Waals surface area contributed by atoms with Crippen LogP contribution in [0.4, 0.5) is 0 Å². The highest BCUT2D eigenvalue weighted by Crippen LogP contribution is 2.57. The van der Waals surface area contributed by atoms with Crippen LogP contribution in [0.5, 0.6) is 0 Å². The van der Waals surface area contributed by atoms with E-state index in [9.17, 15) is 18.9 Å². The Morgan fingerprint density at radius 3 is 2.75 bits per heavy atom. The summed E-state index contributed by atoms with van der Waals surface area (Å²) in [5, 5.41) is 0.